The monoisotopic (exact) mass is 363 g/mol. The van der Waals surface area contributed by atoms with Gasteiger partial charge in [-0.3, -0.25) is 0 Å². The van der Waals surface area contributed by atoms with E-state index in [0.29, 0.717) is 23.6 Å². The fourth-order valence-electron chi connectivity index (χ4n) is 3.27. The van der Waals surface area contributed by atoms with E-state index >= 15 is 0 Å². The molecular formula is C18H23ClFN5. The van der Waals surface area contributed by atoms with E-state index in [9.17, 15) is 4.39 Å². The number of aromatic nitrogens is 2. The summed E-state index contributed by atoms with van der Waals surface area (Å²) >= 11 is 5.83. The number of hydrogen-bond acceptors (Lipinski definition) is 5. The molecule has 134 valence electrons. The highest BCUT2D eigenvalue weighted by Crippen LogP contribution is 2.27. The number of nitrogens with zero attached hydrogens (tertiary/aromatic N) is 3. The summed E-state index contributed by atoms with van der Waals surface area (Å²) in [5.41, 5.74) is 0.688. The number of halogens is 2. The molecule has 5 nitrogen and oxygen atoms in total. The Morgan fingerprint density at radius 3 is 2.60 bits per heavy atom. The van der Waals surface area contributed by atoms with E-state index in [0.717, 1.165) is 18.7 Å². The number of benzene rings is 1. The van der Waals surface area contributed by atoms with Crippen LogP contribution in [0.5, 0.6) is 0 Å². The summed E-state index contributed by atoms with van der Waals surface area (Å²) in [6.45, 7) is 0. The van der Waals surface area contributed by atoms with Crippen molar-refractivity contribution in [3.8, 4) is 0 Å². The van der Waals surface area contributed by atoms with E-state index in [1.807, 2.05) is 13.1 Å². The summed E-state index contributed by atoms with van der Waals surface area (Å²) in [4.78, 5) is 10.9. The van der Waals surface area contributed by atoms with Gasteiger partial charge in [-0.25, -0.2) is 14.4 Å². The first-order valence-electron chi connectivity index (χ1n) is 8.51. The second kappa shape index (κ2) is 7.97. The molecule has 1 aliphatic carbocycles. The van der Waals surface area contributed by atoms with Crippen molar-refractivity contribution in [2.24, 2.45) is 0 Å². The normalized spacial score (nSPS) is 20.3. The zero-order valence-corrected chi connectivity index (χ0v) is 15.2. The second-order valence-corrected chi connectivity index (χ2v) is 6.83. The third-order valence-corrected chi connectivity index (χ3v) is 5.15. The quantitative estimate of drug-likeness (QED) is 0.841. The van der Waals surface area contributed by atoms with Gasteiger partial charge >= 0.3 is 0 Å². The number of nitrogens with one attached hydrogen (secondary N) is 2. The van der Waals surface area contributed by atoms with E-state index in [4.69, 9.17) is 11.6 Å². The van der Waals surface area contributed by atoms with Gasteiger partial charge in [0.15, 0.2) is 0 Å². The Bertz CT molecular complexity index is 718. The van der Waals surface area contributed by atoms with Gasteiger partial charge in [-0.05, 0) is 50.9 Å². The molecule has 1 heterocycles. The maximum atomic E-state index is 13.3. The van der Waals surface area contributed by atoms with Gasteiger partial charge in [0.25, 0.3) is 0 Å². The van der Waals surface area contributed by atoms with Gasteiger partial charge in [-0.1, -0.05) is 11.6 Å². The minimum atomic E-state index is -0.438. The maximum Gasteiger partial charge on any atom is 0.141 e. The molecule has 3 rings (SSSR count). The van der Waals surface area contributed by atoms with Crippen molar-refractivity contribution in [2.75, 3.05) is 24.3 Å². The van der Waals surface area contributed by atoms with Crippen LogP contribution in [0.2, 0.25) is 5.02 Å². The van der Waals surface area contributed by atoms with E-state index in [1.165, 1.54) is 18.9 Å². The van der Waals surface area contributed by atoms with Gasteiger partial charge in [-0.2, -0.15) is 0 Å². The van der Waals surface area contributed by atoms with Gasteiger partial charge in [0.1, 0.15) is 23.8 Å². The van der Waals surface area contributed by atoms with Gasteiger partial charge in [0, 0.05) is 30.9 Å². The molecule has 2 aromatic rings. The molecule has 1 aromatic carbocycles. The van der Waals surface area contributed by atoms with Crippen molar-refractivity contribution < 1.29 is 4.39 Å². The lowest BCUT2D eigenvalue weighted by atomic mass is 9.90. The highest BCUT2D eigenvalue weighted by molar-refractivity contribution is 6.31. The van der Waals surface area contributed by atoms with E-state index in [1.54, 1.807) is 18.5 Å². The van der Waals surface area contributed by atoms with Crippen molar-refractivity contribution in [1.82, 2.24) is 15.3 Å². The Labute approximate surface area is 152 Å². The fourth-order valence-corrected chi connectivity index (χ4v) is 3.45. The average molecular weight is 364 g/mol. The molecule has 1 aliphatic rings. The van der Waals surface area contributed by atoms with Gasteiger partial charge in [-0.15, -0.1) is 0 Å². The third-order valence-electron chi connectivity index (χ3n) is 4.86. The minimum Gasteiger partial charge on any atom is -0.357 e. The number of hydrogen-bond donors (Lipinski definition) is 2. The zero-order valence-electron chi connectivity index (χ0n) is 14.5. The van der Waals surface area contributed by atoms with Crippen molar-refractivity contribution in [3.05, 3.63) is 41.4 Å². The summed E-state index contributed by atoms with van der Waals surface area (Å²) in [7, 11) is 4.10. The molecule has 0 amide bonds. The third kappa shape index (κ3) is 4.38. The molecule has 0 spiro atoms. The largest absolute Gasteiger partial charge is 0.357 e. The summed E-state index contributed by atoms with van der Waals surface area (Å²) in [5.74, 6) is 1.09. The number of rotatable bonds is 5. The van der Waals surface area contributed by atoms with Crippen LogP contribution in [0, 0.1) is 5.82 Å². The molecule has 0 bridgehead atoms. The smallest absolute Gasteiger partial charge is 0.141 e. The van der Waals surface area contributed by atoms with Crippen LogP contribution in [0.3, 0.4) is 0 Å². The SMILES string of the molecule is CNC1CCC(N(C)c2cc(Nc3ccc(F)c(Cl)c3)ncn2)CC1. The lowest BCUT2D eigenvalue weighted by molar-refractivity contribution is 0.350. The van der Waals surface area contributed by atoms with Gasteiger partial charge in [0.2, 0.25) is 0 Å². The predicted molar refractivity (Wildman–Crippen MR) is 100 cm³/mol. The Hall–Kier alpha value is -1.92. The lowest BCUT2D eigenvalue weighted by Gasteiger charge is -2.35. The van der Waals surface area contributed by atoms with Gasteiger partial charge < -0.3 is 15.5 Å². The number of anilines is 3. The summed E-state index contributed by atoms with van der Waals surface area (Å²) in [5, 5.41) is 6.59. The lowest BCUT2D eigenvalue weighted by Crippen LogP contribution is -2.40. The Kier molecular flexibility index (Phi) is 5.71. The molecule has 0 atom stereocenters. The Morgan fingerprint density at radius 2 is 1.92 bits per heavy atom. The van der Waals surface area contributed by atoms with E-state index in [2.05, 4.69) is 32.5 Å². The standard InChI is InChI=1S/C18H23ClFN5/c1-21-12-3-6-14(7-4-12)25(2)18-10-17(22-11-23-18)24-13-5-8-16(20)15(19)9-13/h5,8-12,14,21H,3-4,6-7H2,1-2H3,(H,22,23,24). The first kappa shape index (κ1) is 17.9. The van der Waals surface area contributed by atoms with Crippen LogP contribution in [-0.2, 0) is 0 Å². The first-order valence-corrected chi connectivity index (χ1v) is 8.89. The van der Waals surface area contributed by atoms with Crippen LogP contribution in [0.25, 0.3) is 0 Å². The van der Waals surface area contributed by atoms with E-state index < -0.39 is 5.82 Å². The van der Waals surface area contributed by atoms with Crippen LogP contribution in [0.4, 0.5) is 21.7 Å². The van der Waals surface area contributed by atoms with Crippen molar-refractivity contribution in [2.45, 2.75) is 37.8 Å². The van der Waals surface area contributed by atoms with Gasteiger partial charge in [0.05, 0.1) is 5.02 Å². The molecule has 0 radical (unpaired) electrons. The van der Waals surface area contributed by atoms with Crippen molar-refractivity contribution in [1.29, 1.82) is 0 Å². The Balaban J connectivity index is 1.69. The molecule has 1 aromatic heterocycles. The summed E-state index contributed by atoms with van der Waals surface area (Å²) in [6.07, 6.45) is 6.18. The van der Waals surface area contributed by atoms with Crippen LogP contribution < -0.4 is 15.5 Å². The predicted octanol–water partition coefficient (Wildman–Crippen LogP) is 3.98. The molecule has 0 aliphatic heterocycles. The van der Waals surface area contributed by atoms with E-state index in [-0.39, 0.29) is 5.02 Å². The molecule has 2 N–H and O–H groups in total. The maximum absolute atomic E-state index is 13.3. The molecule has 25 heavy (non-hydrogen) atoms. The molecule has 1 saturated carbocycles. The topological polar surface area (TPSA) is 53.1 Å². The highest BCUT2D eigenvalue weighted by Gasteiger charge is 2.24. The minimum absolute atomic E-state index is 0.0812. The molecule has 7 heteroatoms. The first-order chi connectivity index (χ1) is 12.1. The molecular weight excluding hydrogens is 341 g/mol. The van der Waals surface area contributed by atoms with Crippen LogP contribution in [0.1, 0.15) is 25.7 Å². The molecule has 0 saturated heterocycles. The Morgan fingerprint density at radius 1 is 1.16 bits per heavy atom. The molecule has 1 fully saturated rings. The summed E-state index contributed by atoms with van der Waals surface area (Å²) < 4.78 is 13.3. The van der Waals surface area contributed by atoms with Crippen molar-refractivity contribution in [3.63, 3.8) is 0 Å². The van der Waals surface area contributed by atoms with Crippen LogP contribution >= 0.6 is 11.6 Å². The average Bonchev–Trinajstić information content (AvgIpc) is 2.64. The molecule has 0 unspecified atom stereocenters. The highest BCUT2D eigenvalue weighted by atomic mass is 35.5. The summed E-state index contributed by atoms with van der Waals surface area (Å²) in [6, 6.07) is 7.51. The zero-order chi connectivity index (χ0) is 17.8. The van der Waals surface area contributed by atoms with Crippen LogP contribution in [0.15, 0.2) is 30.6 Å². The second-order valence-electron chi connectivity index (χ2n) is 6.42. The van der Waals surface area contributed by atoms with Crippen LogP contribution in [-0.4, -0.2) is 36.1 Å². The van der Waals surface area contributed by atoms with Crippen molar-refractivity contribution >= 4 is 28.9 Å². The fraction of sp³-hybridized carbons (Fsp3) is 0.444.